The van der Waals surface area contributed by atoms with E-state index in [9.17, 15) is 21.6 Å². The van der Waals surface area contributed by atoms with E-state index in [1.165, 1.54) is 34.6 Å². The van der Waals surface area contributed by atoms with E-state index in [0.717, 1.165) is 11.3 Å². The molecule has 1 aromatic heterocycles. The normalized spacial score (nSPS) is 15.7. The van der Waals surface area contributed by atoms with Crippen LogP contribution in [0.1, 0.15) is 10.4 Å². The highest BCUT2D eigenvalue weighted by molar-refractivity contribution is 7.94. The predicted octanol–water partition coefficient (Wildman–Crippen LogP) is 0.941. The van der Waals surface area contributed by atoms with E-state index in [1.807, 2.05) is 0 Å². The fourth-order valence-electron chi connectivity index (χ4n) is 2.66. The summed E-state index contributed by atoms with van der Waals surface area (Å²) >= 11 is 1.10. The lowest BCUT2D eigenvalue weighted by Gasteiger charge is -2.26. The molecule has 0 aliphatic carbocycles. The van der Waals surface area contributed by atoms with Crippen molar-refractivity contribution < 1.29 is 26.4 Å². The van der Waals surface area contributed by atoms with Crippen LogP contribution in [-0.4, -0.2) is 65.6 Å². The van der Waals surface area contributed by atoms with Crippen LogP contribution in [0.4, 0.5) is 5.69 Å². The molecule has 0 bridgehead atoms. The molecular formula is C17H21N3O6S3. The summed E-state index contributed by atoms with van der Waals surface area (Å²) in [5, 5.41) is 4.24. The number of hydrogen-bond acceptors (Lipinski definition) is 7. The highest BCUT2D eigenvalue weighted by atomic mass is 32.2. The molecule has 1 aliphatic heterocycles. The molecule has 2 aromatic rings. The predicted molar refractivity (Wildman–Crippen MR) is 110 cm³/mol. The summed E-state index contributed by atoms with van der Waals surface area (Å²) in [6, 6.07) is 9.04. The monoisotopic (exact) mass is 459 g/mol. The van der Waals surface area contributed by atoms with Gasteiger partial charge in [-0.05, 0) is 35.7 Å². The first-order chi connectivity index (χ1) is 13.8. The Labute approximate surface area is 173 Å². The molecule has 1 aliphatic rings. The Kier molecular flexibility index (Phi) is 6.90. The van der Waals surface area contributed by atoms with Crippen LogP contribution in [0.15, 0.2) is 46.0 Å². The maximum absolute atomic E-state index is 12.2. The summed E-state index contributed by atoms with van der Waals surface area (Å²) in [5.41, 5.74) is 0.623. The summed E-state index contributed by atoms with van der Waals surface area (Å²) in [5.74, 6) is -0.632. The Morgan fingerprint density at radius 1 is 1.07 bits per heavy atom. The Balaban J connectivity index is 1.52. The number of nitrogens with one attached hydrogen (secondary N) is 2. The summed E-state index contributed by atoms with van der Waals surface area (Å²) in [7, 11) is -7.10. The zero-order valence-electron chi connectivity index (χ0n) is 15.4. The van der Waals surface area contributed by atoms with Gasteiger partial charge < -0.3 is 10.1 Å². The number of amides is 1. The number of rotatable bonds is 8. The first-order valence-corrected chi connectivity index (χ1v) is 12.8. The molecule has 0 spiro atoms. The minimum Gasteiger partial charge on any atom is -0.379 e. The van der Waals surface area contributed by atoms with Crippen molar-refractivity contribution in [3.05, 3.63) is 47.3 Å². The summed E-state index contributed by atoms with van der Waals surface area (Å²) in [6.07, 6.45) is 0. The fraction of sp³-hybridized carbons (Fsp3) is 0.353. The van der Waals surface area contributed by atoms with Crippen LogP contribution in [0.3, 0.4) is 0 Å². The maximum atomic E-state index is 12.2. The second-order valence-corrected chi connectivity index (χ2v) is 11.1. The molecule has 0 atom stereocenters. The third kappa shape index (κ3) is 5.76. The molecule has 9 nitrogen and oxygen atoms in total. The Bertz CT molecular complexity index is 1030. The van der Waals surface area contributed by atoms with E-state index in [4.69, 9.17) is 4.74 Å². The van der Waals surface area contributed by atoms with Crippen LogP contribution in [0.2, 0.25) is 0 Å². The van der Waals surface area contributed by atoms with Crippen molar-refractivity contribution >= 4 is 43.0 Å². The lowest BCUT2D eigenvalue weighted by molar-refractivity contribution is 0.0730. The molecule has 0 unspecified atom stereocenters. The molecule has 158 valence electrons. The van der Waals surface area contributed by atoms with E-state index < -0.39 is 26.0 Å². The SMILES string of the molecule is O=C(NCCS(=O)(=O)N1CCOCC1)c1ccc(NS(=O)(=O)c2cccs2)cc1. The minimum atomic E-state index is -3.66. The summed E-state index contributed by atoms with van der Waals surface area (Å²) in [4.78, 5) is 12.2. The van der Waals surface area contributed by atoms with Gasteiger partial charge in [0.1, 0.15) is 4.21 Å². The minimum absolute atomic E-state index is 0.0225. The first kappa shape index (κ1) is 21.7. The van der Waals surface area contributed by atoms with Gasteiger partial charge >= 0.3 is 0 Å². The van der Waals surface area contributed by atoms with Gasteiger partial charge in [0.25, 0.3) is 15.9 Å². The number of morpholine rings is 1. The molecule has 2 heterocycles. The molecule has 12 heteroatoms. The second-order valence-electron chi connectivity index (χ2n) is 6.20. The Morgan fingerprint density at radius 2 is 1.76 bits per heavy atom. The zero-order valence-corrected chi connectivity index (χ0v) is 17.9. The van der Waals surface area contributed by atoms with Gasteiger partial charge in [0.2, 0.25) is 10.0 Å². The van der Waals surface area contributed by atoms with Gasteiger partial charge in [0.15, 0.2) is 0 Å². The number of carbonyl (C=O) groups excluding carboxylic acids is 1. The zero-order chi connectivity index (χ0) is 20.9. The van der Waals surface area contributed by atoms with E-state index in [1.54, 1.807) is 11.4 Å². The van der Waals surface area contributed by atoms with Gasteiger partial charge in [-0.1, -0.05) is 6.07 Å². The molecule has 29 heavy (non-hydrogen) atoms. The second kappa shape index (κ2) is 9.22. The van der Waals surface area contributed by atoms with Crippen LogP contribution in [0, 0.1) is 0 Å². The van der Waals surface area contributed by atoms with Crippen LogP contribution in [0.5, 0.6) is 0 Å². The molecule has 2 N–H and O–H groups in total. The van der Waals surface area contributed by atoms with Gasteiger partial charge in [-0.25, -0.2) is 16.8 Å². The smallest absolute Gasteiger partial charge is 0.271 e. The van der Waals surface area contributed by atoms with Crippen molar-refractivity contribution in [2.75, 3.05) is 43.3 Å². The number of sulfonamides is 2. The molecule has 3 rings (SSSR count). The highest BCUT2D eigenvalue weighted by Gasteiger charge is 2.24. The van der Waals surface area contributed by atoms with Crippen LogP contribution in [-0.2, 0) is 24.8 Å². The number of nitrogens with zero attached hydrogens (tertiary/aromatic N) is 1. The lowest BCUT2D eigenvalue weighted by atomic mass is 10.2. The average Bonchev–Trinajstić information content (AvgIpc) is 3.25. The number of hydrogen-bond donors (Lipinski definition) is 2. The third-order valence-electron chi connectivity index (χ3n) is 4.17. The Morgan fingerprint density at radius 3 is 2.38 bits per heavy atom. The quantitative estimate of drug-likeness (QED) is 0.606. The van der Waals surface area contributed by atoms with E-state index in [2.05, 4.69) is 10.0 Å². The van der Waals surface area contributed by atoms with Gasteiger partial charge in [0, 0.05) is 30.9 Å². The largest absolute Gasteiger partial charge is 0.379 e. The molecule has 1 aromatic carbocycles. The van der Waals surface area contributed by atoms with Gasteiger partial charge in [-0.15, -0.1) is 11.3 Å². The van der Waals surface area contributed by atoms with Crippen molar-refractivity contribution in [2.24, 2.45) is 0 Å². The lowest BCUT2D eigenvalue weighted by Crippen LogP contribution is -2.43. The number of benzene rings is 1. The van der Waals surface area contributed by atoms with E-state index in [-0.39, 0.29) is 16.5 Å². The molecule has 0 saturated carbocycles. The number of carbonyl (C=O) groups is 1. The van der Waals surface area contributed by atoms with Gasteiger partial charge in [0.05, 0.1) is 19.0 Å². The van der Waals surface area contributed by atoms with Crippen LogP contribution < -0.4 is 10.0 Å². The van der Waals surface area contributed by atoms with Gasteiger partial charge in [-0.2, -0.15) is 4.31 Å². The molecule has 0 radical (unpaired) electrons. The van der Waals surface area contributed by atoms with Crippen molar-refractivity contribution in [3.63, 3.8) is 0 Å². The molecular weight excluding hydrogens is 438 g/mol. The van der Waals surface area contributed by atoms with Crippen molar-refractivity contribution in [1.82, 2.24) is 9.62 Å². The standard InChI is InChI=1S/C17H21N3O6S3/c21-17(18-7-13-28(22,23)20-8-10-26-11-9-20)14-3-5-15(6-4-14)19-29(24,25)16-2-1-12-27-16/h1-6,12,19H,7-11,13H2,(H,18,21). The van der Waals surface area contributed by atoms with Crippen LogP contribution >= 0.6 is 11.3 Å². The highest BCUT2D eigenvalue weighted by Crippen LogP contribution is 2.20. The Hall–Kier alpha value is -1.99. The maximum Gasteiger partial charge on any atom is 0.271 e. The van der Waals surface area contributed by atoms with Crippen molar-refractivity contribution in [2.45, 2.75) is 4.21 Å². The van der Waals surface area contributed by atoms with Crippen LogP contribution in [0.25, 0.3) is 0 Å². The summed E-state index contributed by atoms with van der Waals surface area (Å²) < 4.78 is 58.0. The van der Waals surface area contributed by atoms with E-state index >= 15 is 0 Å². The number of thiophene rings is 1. The number of ether oxygens (including phenoxy) is 1. The fourth-order valence-corrected chi connectivity index (χ4v) is 6.04. The topological polar surface area (TPSA) is 122 Å². The number of anilines is 1. The first-order valence-electron chi connectivity index (χ1n) is 8.78. The van der Waals surface area contributed by atoms with Crippen molar-refractivity contribution in [1.29, 1.82) is 0 Å². The van der Waals surface area contributed by atoms with Crippen molar-refractivity contribution in [3.8, 4) is 0 Å². The van der Waals surface area contributed by atoms with Gasteiger partial charge in [-0.3, -0.25) is 9.52 Å². The summed E-state index contributed by atoms with van der Waals surface area (Å²) in [6.45, 7) is 1.35. The molecule has 1 saturated heterocycles. The molecule has 1 amide bonds. The van der Waals surface area contributed by atoms with E-state index in [0.29, 0.717) is 37.6 Å². The molecule has 1 fully saturated rings. The third-order valence-corrected chi connectivity index (χ3v) is 8.82. The average molecular weight is 460 g/mol.